The molecular weight excluding hydrogens is 264 g/mol. The second kappa shape index (κ2) is 6.24. The topological polar surface area (TPSA) is 93.9 Å². The lowest BCUT2D eigenvalue weighted by molar-refractivity contribution is 0.0505. The van der Waals surface area contributed by atoms with Crippen LogP contribution in [0.5, 0.6) is 0 Å². The van der Waals surface area contributed by atoms with Gasteiger partial charge in [-0.1, -0.05) is 6.92 Å². The van der Waals surface area contributed by atoms with E-state index in [1.807, 2.05) is 6.92 Å². The Morgan fingerprint density at radius 3 is 3.00 bits per heavy atom. The molecule has 0 radical (unpaired) electrons. The fourth-order valence-corrected chi connectivity index (χ4v) is 2.11. The molecule has 19 heavy (non-hydrogen) atoms. The standard InChI is InChI=1S/C12H14N4O2S/c1-2-5-18-11(17)8-3-4-10(9(13)6-8)19-12-14-7-15-16-12/h3-4,6-7H,2,5,13H2,1H3,(H,14,15,16). The van der Waals surface area contributed by atoms with Gasteiger partial charge >= 0.3 is 5.97 Å². The van der Waals surface area contributed by atoms with Crippen LogP contribution in [0.4, 0.5) is 5.69 Å². The Labute approximate surface area is 114 Å². The van der Waals surface area contributed by atoms with Crippen LogP contribution in [-0.4, -0.2) is 27.8 Å². The Morgan fingerprint density at radius 1 is 1.53 bits per heavy atom. The molecule has 0 unspecified atom stereocenters. The molecule has 0 spiro atoms. The van der Waals surface area contributed by atoms with Crippen molar-refractivity contribution in [2.75, 3.05) is 12.3 Å². The summed E-state index contributed by atoms with van der Waals surface area (Å²) >= 11 is 1.35. The number of aromatic amines is 1. The van der Waals surface area contributed by atoms with E-state index in [9.17, 15) is 4.79 Å². The summed E-state index contributed by atoms with van der Waals surface area (Å²) in [4.78, 5) is 16.5. The Morgan fingerprint density at radius 2 is 2.37 bits per heavy atom. The van der Waals surface area contributed by atoms with E-state index in [-0.39, 0.29) is 5.97 Å². The van der Waals surface area contributed by atoms with Crippen molar-refractivity contribution >= 4 is 23.4 Å². The van der Waals surface area contributed by atoms with Crippen LogP contribution in [-0.2, 0) is 4.74 Å². The number of esters is 1. The van der Waals surface area contributed by atoms with E-state index >= 15 is 0 Å². The Kier molecular flexibility index (Phi) is 4.40. The number of nitrogens with two attached hydrogens (primary N) is 1. The van der Waals surface area contributed by atoms with Crippen molar-refractivity contribution in [3.8, 4) is 0 Å². The number of H-pyrrole nitrogens is 1. The maximum atomic E-state index is 11.7. The quantitative estimate of drug-likeness (QED) is 0.642. The molecule has 0 aliphatic rings. The molecule has 100 valence electrons. The Balaban J connectivity index is 2.10. The van der Waals surface area contributed by atoms with Crippen LogP contribution in [0, 0.1) is 0 Å². The molecular formula is C12H14N4O2S. The van der Waals surface area contributed by atoms with Crippen LogP contribution < -0.4 is 5.73 Å². The Hall–Kier alpha value is -2.02. The number of aromatic nitrogens is 3. The van der Waals surface area contributed by atoms with E-state index in [1.54, 1.807) is 18.2 Å². The monoisotopic (exact) mass is 278 g/mol. The van der Waals surface area contributed by atoms with E-state index in [2.05, 4.69) is 15.2 Å². The highest BCUT2D eigenvalue weighted by atomic mass is 32.2. The van der Waals surface area contributed by atoms with Gasteiger partial charge in [-0.25, -0.2) is 9.78 Å². The van der Waals surface area contributed by atoms with Gasteiger partial charge in [0.25, 0.3) is 0 Å². The van der Waals surface area contributed by atoms with Gasteiger partial charge in [-0.05, 0) is 36.4 Å². The van der Waals surface area contributed by atoms with Crippen molar-refractivity contribution < 1.29 is 9.53 Å². The van der Waals surface area contributed by atoms with E-state index in [4.69, 9.17) is 10.5 Å². The van der Waals surface area contributed by atoms with Gasteiger partial charge in [0.1, 0.15) is 6.33 Å². The maximum absolute atomic E-state index is 11.7. The van der Waals surface area contributed by atoms with Crippen molar-refractivity contribution in [1.82, 2.24) is 15.2 Å². The van der Waals surface area contributed by atoms with Gasteiger partial charge in [0.05, 0.1) is 12.2 Å². The maximum Gasteiger partial charge on any atom is 0.338 e. The van der Waals surface area contributed by atoms with E-state index < -0.39 is 0 Å². The third-order valence-corrected chi connectivity index (χ3v) is 3.26. The van der Waals surface area contributed by atoms with Gasteiger partial charge in [-0.2, -0.15) is 5.10 Å². The van der Waals surface area contributed by atoms with Crippen molar-refractivity contribution in [3.05, 3.63) is 30.1 Å². The van der Waals surface area contributed by atoms with Gasteiger partial charge in [-0.15, -0.1) is 0 Å². The molecule has 0 saturated heterocycles. The van der Waals surface area contributed by atoms with E-state index in [1.165, 1.54) is 18.1 Å². The number of carbonyl (C=O) groups is 1. The summed E-state index contributed by atoms with van der Waals surface area (Å²) in [6, 6.07) is 5.06. The van der Waals surface area contributed by atoms with E-state index in [0.29, 0.717) is 23.0 Å². The number of ether oxygens (including phenoxy) is 1. The first-order valence-corrected chi connectivity index (χ1v) is 6.62. The number of carbonyl (C=O) groups excluding carboxylic acids is 1. The lowest BCUT2D eigenvalue weighted by Crippen LogP contribution is -2.06. The smallest absolute Gasteiger partial charge is 0.338 e. The first-order valence-electron chi connectivity index (χ1n) is 5.80. The molecule has 7 heteroatoms. The molecule has 2 aromatic rings. The molecule has 0 bridgehead atoms. The van der Waals surface area contributed by atoms with Gasteiger partial charge in [0.2, 0.25) is 0 Å². The SMILES string of the molecule is CCCOC(=O)c1ccc(Sc2ncn[nH]2)c(N)c1. The molecule has 3 N–H and O–H groups in total. The minimum absolute atomic E-state index is 0.357. The molecule has 6 nitrogen and oxygen atoms in total. The van der Waals surface area contributed by atoms with E-state index in [0.717, 1.165) is 11.3 Å². The summed E-state index contributed by atoms with van der Waals surface area (Å²) in [5.41, 5.74) is 6.87. The minimum Gasteiger partial charge on any atom is -0.462 e. The van der Waals surface area contributed by atoms with Crippen molar-refractivity contribution in [3.63, 3.8) is 0 Å². The molecule has 0 fully saturated rings. The summed E-state index contributed by atoms with van der Waals surface area (Å²) in [5.74, 6) is -0.357. The average molecular weight is 278 g/mol. The van der Waals surface area contributed by atoms with Crippen LogP contribution in [0.1, 0.15) is 23.7 Å². The molecule has 0 aliphatic carbocycles. The second-order valence-electron chi connectivity index (χ2n) is 3.78. The van der Waals surface area contributed by atoms with Crippen LogP contribution in [0.25, 0.3) is 0 Å². The molecule has 0 aliphatic heterocycles. The lowest BCUT2D eigenvalue weighted by Gasteiger charge is -2.06. The fraction of sp³-hybridized carbons (Fsp3) is 0.250. The number of rotatable bonds is 5. The summed E-state index contributed by atoms with van der Waals surface area (Å²) in [5, 5.41) is 7.13. The summed E-state index contributed by atoms with van der Waals surface area (Å²) in [6.45, 7) is 2.35. The molecule has 1 aromatic heterocycles. The van der Waals surface area contributed by atoms with Crippen molar-refractivity contribution in [2.24, 2.45) is 0 Å². The highest BCUT2D eigenvalue weighted by molar-refractivity contribution is 7.99. The van der Waals surface area contributed by atoms with Crippen LogP contribution in [0.2, 0.25) is 0 Å². The van der Waals surface area contributed by atoms with Gasteiger partial charge in [0.15, 0.2) is 5.16 Å². The normalized spacial score (nSPS) is 10.4. The second-order valence-corrected chi connectivity index (χ2v) is 4.81. The zero-order chi connectivity index (χ0) is 13.7. The molecule has 0 atom stereocenters. The zero-order valence-electron chi connectivity index (χ0n) is 10.4. The first kappa shape index (κ1) is 13.4. The first-order chi connectivity index (χ1) is 9.20. The summed E-state index contributed by atoms with van der Waals surface area (Å²) in [6.07, 6.45) is 2.22. The number of anilines is 1. The van der Waals surface area contributed by atoms with Gasteiger partial charge < -0.3 is 10.5 Å². The minimum atomic E-state index is -0.357. The van der Waals surface area contributed by atoms with Crippen LogP contribution in [0.3, 0.4) is 0 Å². The molecule has 1 aromatic carbocycles. The summed E-state index contributed by atoms with van der Waals surface area (Å²) < 4.78 is 5.05. The third kappa shape index (κ3) is 3.47. The predicted molar refractivity (Wildman–Crippen MR) is 71.9 cm³/mol. The number of benzene rings is 1. The molecule has 2 rings (SSSR count). The van der Waals surface area contributed by atoms with Crippen LogP contribution >= 0.6 is 11.8 Å². The highest BCUT2D eigenvalue weighted by Crippen LogP contribution is 2.30. The number of hydrogen-bond donors (Lipinski definition) is 2. The largest absolute Gasteiger partial charge is 0.462 e. The fourth-order valence-electron chi connectivity index (χ4n) is 1.39. The molecule has 0 amide bonds. The average Bonchev–Trinajstić information content (AvgIpc) is 2.91. The summed E-state index contributed by atoms with van der Waals surface area (Å²) in [7, 11) is 0. The third-order valence-electron chi connectivity index (χ3n) is 2.28. The zero-order valence-corrected chi connectivity index (χ0v) is 11.2. The number of nitrogens with one attached hydrogen (secondary N) is 1. The lowest BCUT2D eigenvalue weighted by atomic mass is 10.2. The predicted octanol–water partition coefficient (Wildman–Crippen LogP) is 2.10. The number of nitrogen functional groups attached to an aromatic ring is 1. The van der Waals surface area contributed by atoms with Crippen LogP contribution in [0.15, 0.2) is 34.6 Å². The number of nitrogens with zero attached hydrogens (tertiary/aromatic N) is 2. The van der Waals surface area contributed by atoms with Crippen molar-refractivity contribution in [2.45, 2.75) is 23.4 Å². The highest BCUT2D eigenvalue weighted by Gasteiger charge is 2.10. The van der Waals surface area contributed by atoms with Gasteiger partial charge in [0, 0.05) is 10.6 Å². The Bertz CT molecular complexity index is 557. The van der Waals surface area contributed by atoms with Crippen molar-refractivity contribution in [1.29, 1.82) is 0 Å². The molecule has 0 saturated carbocycles. The number of hydrogen-bond acceptors (Lipinski definition) is 6. The van der Waals surface area contributed by atoms with Gasteiger partial charge in [-0.3, -0.25) is 5.10 Å². The molecule has 1 heterocycles.